The molecule has 424 valence electrons. The number of hydrogen-bond acceptors (Lipinski definition) is 6. The molecule has 0 aromatic heterocycles. The van der Waals surface area contributed by atoms with E-state index in [4.69, 9.17) is 14.2 Å². The maximum absolute atomic E-state index is 12.8. The van der Waals surface area contributed by atoms with Gasteiger partial charge in [-0.25, -0.2) is 0 Å². The third-order valence-corrected chi connectivity index (χ3v) is 14.7. The zero-order valence-electron chi connectivity index (χ0n) is 48.7. The molecule has 0 spiro atoms. The zero-order chi connectivity index (χ0) is 52.2. The van der Waals surface area contributed by atoms with Gasteiger partial charge in [0.05, 0.1) is 0 Å². The molecular weight excluding hydrogens is 889 g/mol. The summed E-state index contributed by atoms with van der Waals surface area (Å²) in [5.74, 6) is -0.865. The average molecular weight is 1010 g/mol. The first-order valence-corrected chi connectivity index (χ1v) is 32.3. The molecule has 0 aliphatic heterocycles. The molecule has 72 heavy (non-hydrogen) atoms. The second-order valence-corrected chi connectivity index (χ2v) is 22.0. The van der Waals surface area contributed by atoms with Crippen molar-refractivity contribution in [2.75, 3.05) is 13.2 Å². The molecule has 0 N–H and O–H groups in total. The number of allylic oxidation sites excluding steroid dienone is 4. The summed E-state index contributed by atoms with van der Waals surface area (Å²) in [6, 6.07) is 0. The Morgan fingerprint density at radius 1 is 0.278 bits per heavy atom. The third kappa shape index (κ3) is 58.8. The number of unbranched alkanes of at least 4 members (excludes halogenated alkanes) is 45. The van der Waals surface area contributed by atoms with Crippen LogP contribution in [0.1, 0.15) is 361 Å². The van der Waals surface area contributed by atoms with Crippen LogP contribution in [0.25, 0.3) is 0 Å². The Kier molecular flexibility index (Phi) is 59.6. The molecule has 0 aromatic carbocycles. The van der Waals surface area contributed by atoms with Crippen LogP contribution in [-0.4, -0.2) is 37.2 Å². The van der Waals surface area contributed by atoms with Gasteiger partial charge in [-0.1, -0.05) is 321 Å². The Balaban J connectivity index is 4.05. The number of carbonyl (C=O) groups is 3. The van der Waals surface area contributed by atoms with Crippen molar-refractivity contribution >= 4 is 17.9 Å². The molecule has 6 nitrogen and oxygen atoms in total. The third-order valence-electron chi connectivity index (χ3n) is 14.7. The van der Waals surface area contributed by atoms with E-state index >= 15 is 0 Å². The van der Waals surface area contributed by atoms with Gasteiger partial charge in [0, 0.05) is 19.3 Å². The van der Waals surface area contributed by atoms with Crippen LogP contribution in [0.4, 0.5) is 0 Å². The molecule has 0 aliphatic carbocycles. The summed E-state index contributed by atoms with van der Waals surface area (Å²) in [6.45, 7) is 6.61. The number of carbonyl (C=O) groups excluding carboxylic acids is 3. The molecule has 0 heterocycles. The van der Waals surface area contributed by atoms with E-state index in [1.165, 1.54) is 231 Å². The summed E-state index contributed by atoms with van der Waals surface area (Å²) in [5, 5.41) is 0. The number of ether oxygens (including phenoxy) is 3. The highest BCUT2D eigenvalue weighted by molar-refractivity contribution is 5.71. The Morgan fingerprint density at radius 3 is 0.819 bits per heavy atom. The molecule has 0 rings (SSSR count). The van der Waals surface area contributed by atoms with Crippen molar-refractivity contribution in [1.29, 1.82) is 0 Å². The molecule has 0 saturated heterocycles. The molecular formula is C66H124O6. The van der Waals surface area contributed by atoms with E-state index < -0.39 is 6.10 Å². The lowest BCUT2D eigenvalue weighted by Gasteiger charge is -2.18. The lowest BCUT2D eigenvalue weighted by atomic mass is 10.0. The first-order valence-electron chi connectivity index (χ1n) is 32.3. The van der Waals surface area contributed by atoms with Gasteiger partial charge in [-0.15, -0.1) is 0 Å². The molecule has 0 aliphatic rings. The van der Waals surface area contributed by atoms with Crippen molar-refractivity contribution in [3.8, 4) is 0 Å². The van der Waals surface area contributed by atoms with E-state index in [1.807, 2.05) is 0 Å². The summed E-state index contributed by atoms with van der Waals surface area (Å²) in [7, 11) is 0. The van der Waals surface area contributed by atoms with E-state index in [-0.39, 0.29) is 31.1 Å². The smallest absolute Gasteiger partial charge is 0.306 e. The molecule has 0 aromatic rings. The van der Waals surface area contributed by atoms with Crippen LogP contribution >= 0.6 is 0 Å². The lowest BCUT2D eigenvalue weighted by molar-refractivity contribution is -0.167. The quantitative estimate of drug-likeness (QED) is 0.0261. The van der Waals surface area contributed by atoms with Crippen LogP contribution in [0.5, 0.6) is 0 Å². The highest BCUT2D eigenvalue weighted by atomic mass is 16.6. The normalized spacial score (nSPS) is 12.1. The van der Waals surface area contributed by atoms with Gasteiger partial charge in [0.15, 0.2) is 6.10 Å². The van der Waals surface area contributed by atoms with Crippen LogP contribution in [0.15, 0.2) is 24.3 Å². The standard InChI is InChI=1S/C66H124O6/c1-4-7-10-13-16-19-22-24-25-26-27-28-29-30-31-32-33-34-35-36-37-38-39-40-42-44-47-50-53-56-59-65(68)71-62-63(61-70-64(67)58-55-52-49-46-43-21-18-15-12-9-6-3)72-66(69)60-57-54-51-48-45-41-23-20-17-14-11-8-5-2/h11,14,20,23,63H,4-10,12-13,15-19,21-22,24-62H2,1-3H3/b14-11-,23-20-. The van der Waals surface area contributed by atoms with Gasteiger partial charge in [-0.05, 0) is 44.9 Å². The Hall–Kier alpha value is -2.11. The fourth-order valence-electron chi connectivity index (χ4n) is 9.84. The number of esters is 3. The van der Waals surface area contributed by atoms with E-state index in [1.54, 1.807) is 0 Å². The molecule has 0 bridgehead atoms. The first-order chi connectivity index (χ1) is 35.5. The minimum absolute atomic E-state index is 0.0716. The minimum Gasteiger partial charge on any atom is -0.462 e. The van der Waals surface area contributed by atoms with Crippen molar-refractivity contribution in [2.24, 2.45) is 0 Å². The van der Waals surface area contributed by atoms with E-state index in [0.29, 0.717) is 19.3 Å². The van der Waals surface area contributed by atoms with E-state index in [9.17, 15) is 14.4 Å². The van der Waals surface area contributed by atoms with Crippen LogP contribution in [-0.2, 0) is 28.6 Å². The van der Waals surface area contributed by atoms with Gasteiger partial charge in [0.25, 0.3) is 0 Å². The van der Waals surface area contributed by atoms with E-state index in [2.05, 4.69) is 45.1 Å². The van der Waals surface area contributed by atoms with Crippen molar-refractivity contribution in [3.05, 3.63) is 24.3 Å². The molecule has 0 amide bonds. The largest absolute Gasteiger partial charge is 0.462 e. The fourth-order valence-corrected chi connectivity index (χ4v) is 9.84. The van der Waals surface area contributed by atoms with Gasteiger partial charge >= 0.3 is 17.9 Å². The van der Waals surface area contributed by atoms with Gasteiger partial charge < -0.3 is 14.2 Å². The first kappa shape index (κ1) is 69.9. The monoisotopic (exact) mass is 1010 g/mol. The molecule has 0 fully saturated rings. The molecule has 0 saturated carbocycles. The minimum atomic E-state index is -0.773. The Bertz CT molecular complexity index is 1160. The average Bonchev–Trinajstić information content (AvgIpc) is 3.38. The summed E-state index contributed by atoms with van der Waals surface area (Å²) in [4.78, 5) is 38.1. The lowest BCUT2D eigenvalue weighted by Crippen LogP contribution is -2.30. The van der Waals surface area contributed by atoms with Crippen molar-refractivity contribution in [1.82, 2.24) is 0 Å². The number of hydrogen-bond donors (Lipinski definition) is 0. The van der Waals surface area contributed by atoms with Crippen LogP contribution in [0.3, 0.4) is 0 Å². The summed E-state index contributed by atoms with van der Waals surface area (Å²) >= 11 is 0. The molecule has 6 heteroatoms. The second kappa shape index (κ2) is 61.4. The summed E-state index contributed by atoms with van der Waals surface area (Å²) < 4.78 is 16.9. The van der Waals surface area contributed by atoms with Crippen LogP contribution in [0, 0.1) is 0 Å². The summed E-state index contributed by atoms with van der Waals surface area (Å²) in [6.07, 6.45) is 73.6. The van der Waals surface area contributed by atoms with E-state index in [0.717, 1.165) is 89.9 Å². The van der Waals surface area contributed by atoms with Crippen molar-refractivity contribution in [2.45, 2.75) is 367 Å². The second-order valence-electron chi connectivity index (χ2n) is 22.0. The highest BCUT2D eigenvalue weighted by Crippen LogP contribution is 2.18. The maximum atomic E-state index is 12.8. The van der Waals surface area contributed by atoms with Crippen LogP contribution in [0.2, 0.25) is 0 Å². The topological polar surface area (TPSA) is 78.9 Å². The van der Waals surface area contributed by atoms with Crippen molar-refractivity contribution < 1.29 is 28.6 Å². The highest BCUT2D eigenvalue weighted by Gasteiger charge is 2.19. The molecule has 1 unspecified atom stereocenters. The molecule has 0 radical (unpaired) electrons. The van der Waals surface area contributed by atoms with Gasteiger partial charge in [-0.2, -0.15) is 0 Å². The Morgan fingerprint density at radius 2 is 0.528 bits per heavy atom. The predicted octanol–water partition coefficient (Wildman–Crippen LogP) is 21.8. The van der Waals surface area contributed by atoms with Gasteiger partial charge in [-0.3, -0.25) is 14.4 Å². The fraction of sp³-hybridized carbons (Fsp3) is 0.894. The molecule has 1 atom stereocenters. The summed E-state index contributed by atoms with van der Waals surface area (Å²) in [5.41, 5.74) is 0. The maximum Gasteiger partial charge on any atom is 0.306 e. The zero-order valence-corrected chi connectivity index (χ0v) is 48.7. The van der Waals surface area contributed by atoms with Crippen LogP contribution < -0.4 is 0 Å². The number of rotatable bonds is 60. The van der Waals surface area contributed by atoms with Gasteiger partial charge in [0.1, 0.15) is 13.2 Å². The predicted molar refractivity (Wildman–Crippen MR) is 312 cm³/mol. The van der Waals surface area contributed by atoms with Gasteiger partial charge in [0.2, 0.25) is 0 Å². The van der Waals surface area contributed by atoms with Crippen molar-refractivity contribution in [3.63, 3.8) is 0 Å². The SMILES string of the molecule is CCC/C=C\C/C=C\CCCCCCCC(=O)OC(COC(=O)CCCCCCCCCCCCC)COC(=O)CCCCCCCCCCCCCCCCCCCCCCCCCCCCCCCC. The Labute approximate surface area is 449 Å².